The molecule has 0 bridgehead atoms. The maximum Gasteiger partial charge on any atom is 0.245 e. The number of hydrogen-bond acceptors (Lipinski definition) is 4. The standard InChI is InChI=1S/C13H8ClFN4O/c14-10-5-8(1-3-11(10)15)12-4-2-9(20-12)6-16-13-17-7-18-19-13/h1-7H,(H,17,18,19). The molecule has 1 N–H and O–H groups in total. The first kappa shape index (κ1) is 12.6. The van der Waals surface area contributed by atoms with Crippen molar-refractivity contribution in [2.75, 3.05) is 0 Å². The minimum atomic E-state index is -0.464. The lowest BCUT2D eigenvalue weighted by Crippen LogP contribution is -1.79. The first-order valence-electron chi connectivity index (χ1n) is 5.67. The van der Waals surface area contributed by atoms with E-state index >= 15 is 0 Å². The Morgan fingerprint density at radius 3 is 2.95 bits per heavy atom. The number of nitrogens with zero attached hydrogens (tertiary/aromatic N) is 3. The summed E-state index contributed by atoms with van der Waals surface area (Å²) in [5, 5.41) is 6.33. The lowest BCUT2D eigenvalue weighted by molar-refractivity contribution is 0.574. The maximum atomic E-state index is 13.1. The fourth-order valence-electron chi connectivity index (χ4n) is 1.61. The van der Waals surface area contributed by atoms with Crippen molar-refractivity contribution in [1.29, 1.82) is 0 Å². The van der Waals surface area contributed by atoms with Gasteiger partial charge in [0.15, 0.2) is 0 Å². The van der Waals surface area contributed by atoms with E-state index < -0.39 is 5.82 Å². The molecule has 3 aromatic rings. The summed E-state index contributed by atoms with van der Waals surface area (Å²) >= 11 is 5.74. The Morgan fingerprint density at radius 2 is 2.20 bits per heavy atom. The Hall–Kier alpha value is -2.47. The Balaban J connectivity index is 1.84. The highest BCUT2D eigenvalue weighted by molar-refractivity contribution is 6.31. The van der Waals surface area contributed by atoms with E-state index in [4.69, 9.17) is 16.0 Å². The van der Waals surface area contributed by atoms with Crippen molar-refractivity contribution in [2.24, 2.45) is 4.99 Å². The van der Waals surface area contributed by atoms with Gasteiger partial charge in [0.1, 0.15) is 23.7 Å². The molecule has 100 valence electrons. The minimum Gasteiger partial charge on any atom is -0.455 e. The van der Waals surface area contributed by atoms with Gasteiger partial charge in [-0.1, -0.05) is 11.6 Å². The van der Waals surface area contributed by atoms with Crippen molar-refractivity contribution in [3.63, 3.8) is 0 Å². The molecule has 3 rings (SSSR count). The van der Waals surface area contributed by atoms with Gasteiger partial charge < -0.3 is 4.42 Å². The largest absolute Gasteiger partial charge is 0.455 e. The molecule has 7 heteroatoms. The van der Waals surface area contributed by atoms with Crippen LogP contribution >= 0.6 is 11.6 Å². The van der Waals surface area contributed by atoms with Crippen molar-refractivity contribution in [3.05, 3.63) is 53.3 Å². The van der Waals surface area contributed by atoms with Crippen LogP contribution in [0.2, 0.25) is 5.02 Å². The molecule has 0 fully saturated rings. The van der Waals surface area contributed by atoms with Crippen LogP contribution in [0.3, 0.4) is 0 Å². The maximum absolute atomic E-state index is 13.1. The van der Waals surface area contributed by atoms with Crippen LogP contribution in [0.1, 0.15) is 5.76 Å². The van der Waals surface area contributed by atoms with Gasteiger partial charge in [-0.05, 0) is 30.3 Å². The second kappa shape index (κ2) is 5.26. The highest BCUT2D eigenvalue weighted by Crippen LogP contribution is 2.26. The number of aliphatic imine (C=N–C) groups is 1. The normalized spacial score (nSPS) is 11.3. The molecule has 20 heavy (non-hydrogen) atoms. The van der Waals surface area contributed by atoms with Crippen molar-refractivity contribution in [3.8, 4) is 11.3 Å². The number of hydrogen-bond donors (Lipinski definition) is 1. The number of nitrogens with one attached hydrogen (secondary N) is 1. The third-order valence-corrected chi connectivity index (χ3v) is 2.84. The quantitative estimate of drug-likeness (QED) is 0.749. The molecule has 2 heterocycles. The fourth-order valence-corrected chi connectivity index (χ4v) is 1.79. The average molecular weight is 291 g/mol. The molecule has 0 saturated carbocycles. The van der Waals surface area contributed by atoms with Crippen LogP contribution in [0.15, 0.2) is 46.1 Å². The van der Waals surface area contributed by atoms with Crippen molar-refractivity contribution < 1.29 is 8.81 Å². The molecular formula is C13H8ClFN4O. The van der Waals surface area contributed by atoms with E-state index in [-0.39, 0.29) is 5.02 Å². The summed E-state index contributed by atoms with van der Waals surface area (Å²) in [5.41, 5.74) is 0.690. The van der Waals surface area contributed by atoms with E-state index in [1.807, 2.05) is 0 Å². The summed E-state index contributed by atoms with van der Waals surface area (Å²) in [6.07, 6.45) is 2.87. The molecule has 0 spiro atoms. The molecule has 0 radical (unpaired) electrons. The summed E-state index contributed by atoms with van der Waals surface area (Å²) in [6, 6.07) is 7.89. The molecule has 0 aliphatic heterocycles. The van der Waals surface area contributed by atoms with Crippen molar-refractivity contribution in [1.82, 2.24) is 15.2 Å². The second-order valence-electron chi connectivity index (χ2n) is 3.90. The second-order valence-corrected chi connectivity index (χ2v) is 4.31. The van der Waals surface area contributed by atoms with Crippen LogP contribution < -0.4 is 0 Å². The number of furan rings is 1. The van der Waals surface area contributed by atoms with Gasteiger partial charge in [-0.25, -0.2) is 14.5 Å². The third kappa shape index (κ3) is 2.60. The van der Waals surface area contributed by atoms with Crippen LogP contribution in [-0.2, 0) is 0 Å². The highest BCUT2D eigenvalue weighted by Gasteiger charge is 2.07. The third-order valence-electron chi connectivity index (χ3n) is 2.55. The molecule has 1 aromatic carbocycles. The molecule has 0 saturated heterocycles. The van der Waals surface area contributed by atoms with Crippen molar-refractivity contribution >= 4 is 23.8 Å². The van der Waals surface area contributed by atoms with E-state index in [2.05, 4.69) is 20.2 Å². The van der Waals surface area contributed by atoms with Crippen LogP contribution in [0.4, 0.5) is 10.3 Å². The lowest BCUT2D eigenvalue weighted by Gasteiger charge is -1.98. The molecule has 0 unspecified atom stereocenters. The smallest absolute Gasteiger partial charge is 0.245 e. The van der Waals surface area contributed by atoms with E-state index in [9.17, 15) is 4.39 Å². The van der Waals surface area contributed by atoms with Gasteiger partial charge in [0.25, 0.3) is 0 Å². The molecule has 0 aliphatic rings. The number of halogens is 2. The SMILES string of the molecule is Fc1ccc(-c2ccc(C=Nc3ncn[nH]3)o2)cc1Cl. The van der Waals surface area contributed by atoms with Crippen molar-refractivity contribution in [2.45, 2.75) is 0 Å². The summed E-state index contributed by atoms with van der Waals surface area (Å²) in [6.45, 7) is 0. The predicted octanol–water partition coefficient (Wildman–Crippen LogP) is 3.61. The molecule has 0 atom stereocenters. The number of rotatable bonds is 3. The summed E-state index contributed by atoms with van der Waals surface area (Å²) < 4.78 is 18.7. The Bertz CT molecular complexity index is 752. The van der Waals surface area contributed by atoms with E-state index in [0.29, 0.717) is 23.0 Å². The Labute approximate surface area is 118 Å². The zero-order valence-corrected chi connectivity index (χ0v) is 10.8. The van der Waals surface area contributed by atoms with Gasteiger partial charge in [-0.15, -0.1) is 0 Å². The molecule has 0 amide bonds. The minimum absolute atomic E-state index is 0.0516. The van der Waals surface area contributed by atoms with Gasteiger partial charge in [0, 0.05) is 5.56 Å². The highest BCUT2D eigenvalue weighted by atomic mass is 35.5. The monoisotopic (exact) mass is 290 g/mol. The predicted molar refractivity (Wildman–Crippen MR) is 72.7 cm³/mol. The summed E-state index contributed by atoms with van der Waals surface area (Å²) in [7, 11) is 0. The fraction of sp³-hybridized carbons (Fsp3) is 0. The Morgan fingerprint density at radius 1 is 1.30 bits per heavy atom. The first-order valence-corrected chi connectivity index (χ1v) is 6.05. The van der Waals surface area contributed by atoms with Gasteiger partial charge >= 0.3 is 0 Å². The first-order chi connectivity index (χ1) is 9.72. The number of H-pyrrole nitrogens is 1. The summed E-state index contributed by atoms with van der Waals surface area (Å²) in [5.74, 6) is 1.03. The Kier molecular flexibility index (Phi) is 3.30. The topological polar surface area (TPSA) is 67.1 Å². The average Bonchev–Trinajstić information content (AvgIpc) is 3.10. The van der Waals surface area contributed by atoms with Gasteiger partial charge in [0.2, 0.25) is 5.95 Å². The van der Waals surface area contributed by atoms with Crippen LogP contribution in [0, 0.1) is 5.82 Å². The molecule has 2 aromatic heterocycles. The van der Waals surface area contributed by atoms with E-state index in [0.717, 1.165) is 0 Å². The van der Waals surface area contributed by atoms with E-state index in [1.165, 1.54) is 24.7 Å². The molecule has 0 aliphatic carbocycles. The molecular weight excluding hydrogens is 283 g/mol. The number of aromatic nitrogens is 3. The van der Waals surface area contributed by atoms with Gasteiger partial charge in [-0.2, -0.15) is 10.1 Å². The number of benzene rings is 1. The number of aromatic amines is 1. The zero-order valence-electron chi connectivity index (χ0n) is 10.0. The van der Waals surface area contributed by atoms with Crippen LogP contribution in [0.25, 0.3) is 11.3 Å². The van der Waals surface area contributed by atoms with Gasteiger partial charge in [-0.3, -0.25) is 0 Å². The zero-order chi connectivity index (χ0) is 13.9. The molecule has 5 nitrogen and oxygen atoms in total. The lowest BCUT2D eigenvalue weighted by atomic mass is 10.2. The summed E-state index contributed by atoms with van der Waals surface area (Å²) in [4.78, 5) is 7.89. The van der Waals surface area contributed by atoms with Gasteiger partial charge in [0.05, 0.1) is 11.2 Å². The van der Waals surface area contributed by atoms with Crippen LogP contribution in [-0.4, -0.2) is 21.4 Å². The van der Waals surface area contributed by atoms with Crippen LogP contribution in [0.5, 0.6) is 0 Å². The van der Waals surface area contributed by atoms with E-state index in [1.54, 1.807) is 18.2 Å².